The van der Waals surface area contributed by atoms with Gasteiger partial charge in [-0.3, -0.25) is 0 Å². The average Bonchev–Trinajstić information content (AvgIpc) is 2.50. The normalized spacial score (nSPS) is 20.2. The lowest BCUT2D eigenvalue weighted by Crippen LogP contribution is -2.34. The molecule has 2 aliphatic rings. The first-order valence-corrected chi connectivity index (χ1v) is 10.8. The van der Waals surface area contributed by atoms with Crippen LogP contribution in [0.1, 0.15) is 25.7 Å². The fraction of sp³-hybridized carbons (Fsp3) is 0.562. The molecule has 2 aliphatic carbocycles. The van der Waals surface area contributed by atoms with Gasteiger partial charge in [0.25, 0.3) is 0 Å². The number of allylic oxidation sites excluding steroid dienone is 5. The quantitative estimate of drug-likeness (QED) is 0.777. The number of hydrogen-bond donors (Lipinski definition) is 1. The van der Waals surface area contributed by atoms with Gasteiger partial charge < -0.3 is 10.1 Å². The molecule has 0 heterocycles. The van der Waals surface area contributed by atoms with Crippen molar-refractivity contribution in [2.24, 2.45) is 5.92 Å². The van der Waals surface area contributed by atoms with Crippen molar-refractivity contribution in [2.45, 2.75) is 45.3 Å². The maximum atomic E-state index is 12.3. The van der Waals surface area contributed by atoms with Gasteiger partial charge in [0.15, 0.2) is 0 Å². The molecule has 1 fully saturated rings. The van der Waals surface area contributed by atoms with Crippen molar-refractivity contribution in [1.82, 2.24) is 5.32 Å². The van der Waals surface area contributed by atoms with E-state index in [0.29, 0.717) is 5.41 Å². The predicted molar refractivity (Wildman–Crippen MR) is 83.6 cm³/mol. The second-order valence-corrected chi connectivity index (χ2v) is 11.6. The summed E-state index contributed by atoms with van der Waals surface area (Å²) >= 11 is 0. The molecule has 1 N–H and O–H groups in total. The summed E-state index contributed by atoms with van der Waals surface area (Å²) in [5.74, 6) is 0.861. The van der Waals surface area contributed by atoms with Crippen LogP contribution in [0.15, 0.2) is 35.6 Å². The van der Waals surface area contributed by atoms with Crippen molar-refractivity contribution in [1.29, 1.82) is 0 Å². The third-order valence-electron chi connectivity index (χ3n) is 3.89. The Kier molecular flexibility index (Phi) is 4.45. The summed E-state index contributed by atoms with van der Waals surface area (Å²) in [5, 5.41) is 3.87. The van der Waals surface area contributed by atoms with Crippen LogP contribution in [-0.4, -0.2) is 20.0 Å². The molecule has 0 spiro atoms. The molecular formula is C16H25NOSi. The number of carbonyl (C=O) groups excluding carboxylic acids is 1. The van der Waals surface area contributed by atoms with Crippen LogP contribution in [0.4, 0.5) is 0 Å². The van der Waals surface area contributed by atoms with Gasteiger partial charge in [-0.2, -0.15) is 0 Å². The first-order valence-electron chi connectivity index (χ1n) is 7.33. The van der Waals surface area contributed by atoms with Crippen LogP contribution in [-0.2, 0) is 4.79 Å². The van der Waals surface area contributed by atoms with Gasteiger partial charge >= 0.3 is 0 Å². The summed E-state index contributed by atoms with van der Waals surface area (Å²) < 4.78 is 0. The second kappa shape index (κ2) is 5.91. The number of rotatable bonds is 5. The molecule has 0 aromatic carbocycles. The summed E-state index contributed by atoms with van der Waals surface area (Å²) in [6.07, 6.45) is 13.2. The van der Waals surface area contributed by atoms with E-state index in [-0.39, 0.29) is 0 Å². The monoisotopic (exact) mass is 275 g/mol. The second-order valence-electron chi connectivity index (χ2n) is 6.68. The van der Waals surface area contributed by atoms with Crippen molar-refractivity contribution in [3.8, 4) is 0 Å². The van der Waals surface area contributed by atoms with Gasteiger partial charge in [-0.15, -0.1) is 0 Å². The van der Waals surface area contributed by atoms with Crippen LogP contribution < -0.4 is 5.32 Å². The zero-order valence-electron chi connectivity index (χ0n) is 12.3. The maximum Gasteiger partial charge on any atom is 0.139 e. The zero-order valence-corrected chi connectivity index (χ0v) is 13.3. The zero-order chi connectivity index (χ0) is 13.9. The third-order valence-corrected chi connectivity index (χ3v) is 5.54. The topological polar surface area (TPSA) is 29.1 Å². The van der Waals surface area contributed by atoms with Crippen LogP contribution in [0.25, 0.3) is 0 Å². The molecule has 0 aromatic heterocycles. The Morgan fingerprint density at radius 3 is 2.63 bits per heavy atom. The van der Waals surface area contributed by atoms with E-state index in [0.717, 1.165) is 24.5 Å². The molecule has 0 aromatic rings. The number of carbonyl (C=O) groups is 1. The van der Waals surface area contributed by atoms with Crippen molar-refractivity contribution in [2.75, 3.05) is 6.54 Å². The Hall–Kier alpha value is -1.09. The van der Waals surface area contributed by atoms with E-state index in [1.54, 1.807) is 0 Å². The average molecular weight is 275 g/mol. The van der Waals surface area contributed by atoms with Gasteiger partial charge in [0.05, 0.1) is 0 Å². The van der Waals surface area contributed by atoms with Gasteiger partial charge in [0.2, 0.25) is 0 Å². The summed E-state index contributed by atoms with van der Waals surface area (Å²) in [6.45, 7) is 7.40. The maximum absolute atomic E-state index is 12.3. The molecule has 0 atom stereocenters. The minimum atomic E-state index is -1.73. The minimum Gasteiger partial charge on any atom is -0.388 e. The van der Waals surface area contributed by atoms with Gasteiger partial charge in [-0.1, -0.05) is 44.3 Å². The van der Waals surface area contributed by atoms with E-state index in [4.69, 9.17) is 0 Å². The molecular weight excluding hydrogens is 250 g/mol. The van der Waals surface area contributed by atoms with Crippen LogP contribution in [0.2, 0.25) is 19.6 Å². The molecule has 104 valence electrons. The van der Waals surface area contributed by atoms with Gasteiger partial charge in [0, 0.05) is 24.2 Å². The Morgan fingerprint density at radius 2 is 2.05 bits per heavy atom. The highest BCUT2D eigenvalue weighted by Gasteiger charge is 2.26. The SMILES string of the molecule is C[Si](C)(C)C(=O)C1=CC=C(NCC2CCC2)CC=C1. The fourth-order valence-electron chi connectivity index (χ4n) is 2.31. The van der Waals surface area contributed by atoms with Crippen LogP contribution in [0.3, 0.4) is 0 Å². The van der Waals surface area contributed by atoms with E-state index in [1.807, 2.05) is 12.2 Å². The Bertz CT molecular complexity index is 436. The summed E-state index contributed by atoms with van der Waals surface area (Å²) in [5.41, 5.74) is 2.11. The molecule has 3 heteroatoms. The molecule has 1 saturated carbocycles. The van der Waals surface area contributed by atoms with Gasteiger partial charge in [-0.05, 0) is 24.8 Å². The molecule has 19 heavy (non-hydrogen) atoms. The van der Waals surface area contributed by atoms with Crippen molar-refractivity contribution in [3.05, 3.63) is 35.6 Å². The van der Waals surface area contributed by atoms with Crippen molar-refractivity contribution in [3.63, 3.8) is 0 Å². The Balaban J connectivity index is 1.97. The molecule has 0 radical (unpaired) electrons. The molecule has 0 unspecified atom stereocenters. The lowest BCUT2D eigenvalue weighted by atomic mass is 9.85. The van der Waals surface area contributed by atoms with Gasteiger partial charge in [0.1, 0.15) is 13.5 Å². The molecule has 0 aliphatic heterocycles. The fourth-order valence-corrected chi connectivity index (χ4v) is 3.35. The van der Waals surface area contributed by atoms with E-state index in [9.17, 15) is 4.79 Å². The van der Waals surface area contributed by atoms with E-state index >= 15 is 0 Å². The van der Waals surface area contributed by atoms with E-state index in [1.165, 1.54) is 25.0 Å². The first-order chi connectivity index (χ1) is 8.97. The molecule has 0 saturated heterocycles. The third kappa shape index (κ3) is 3.93. The Morgan fingerprint density at radius 1 is 1.32 bits per heavy atom. The Labute approximate surface area is 117 Å². The highest BCUT2D eigenvalue weighted by Crippen LogP contribution is 2.25. The van der Waals surface area contributed by atoms with Gasteiger partial charge in [-0.25, -0.2) is 0 Å². The van der Waals surface area contributed by atoms with E-state index < -0.39 is 8.07 Å². The molecule has 2 nitrogen and oxygen atoms in total. The summed E-state index contributed by atoms with van der Waals surface area (Å²) in [6, 6.07) is 0. The van der Waals surface area contributed by atoms with Crippen LogP contribution in [0.5, 0.6) is 0 Å². The minimum absolute atomic E-state index is 0.347. The highest BCUT2D eigenvalue weighted by atomic mass is 28.3. The van der Waals surface area contributed by atoms with Crippen LogP contribution in [0, 0.1) is 5.92 Å². The predicted octanol–water partition coefficient (Wildman–Crippen LogP) is 3.59. The van der Waals surface area contributed by atoms with Crippen molar-refractivity contribution >= 4 is 13.5 Å². The number of nitrogens with one attached hydrogen (secondary N) is 1. The summed E-state index contributed by atoms with van der Waals surface area (Å²) in [4.78, 5) is 12.3. The van der Waals surface area contributed by atoms with Crippen molar-refractivity contribution < 1.29 is 4.79 Å². The standard InChI is InChI=1S/C16H25NOSi/c1-19(2,3)16(18)14-8-5-9-15(11-10-14)17-12-13-6-4-7-13/h5,8,10-11,13,17H,4,6-7,9,12H2,1-3H3. The van der Waals surface area contributed by atoms with E-state index in [2.05, 4.69) is 37.1 Å². The highest BCUT2D eigenvalue weighted by molar-refractivity contribution is 7.05. The molecule has 2 rings (SSSR count). The molecule has 0 amide bonds. The summed E-state index contributed by atoms with van der Waals surface area (Å²) in [7, 11) is -1.73. The smallest absolute Gasteiger partial charge is 0.139 e. The largest absolute Gasteiger partial charge is 0.388 e. The lowest BCUT2D eigenvalue weighted by Gasteiger charge is -2.26. The molecule has 0 bridgehead atoms. The van der Waals surface area contributed by atoms with Crippen LogP contribution >= 0.6 is 0 Å². The number of hydrogen-bond acceptors (Lipinski definition) is 2. The first kappa shape index (κ1) is 14.3. The lowest BCUT2D eigenvalue weighted by molar-refractivity contribution is -0.109.